The van der Waals surface area contributed by atoms with Crippen LogP contribution < -0.4 is 5.73 Å². The molecule has 1 heterocycles. The number of amides is 1. The van der Waals surface area contributed by atoms with Gasteiger partial charge >= 0.3 is 0 Å². The fraction of sp³-hybridized carbons (Fsp3) is 0.900. The van der Waals surface area contributed by atoms with Crippen LogP contribution in [0.2, 0.25) is 0 Å². The Morgan fingerprint density at radius 3 is 2.86 bits per heavy atom. The van der Waals surface area contributed by atoms with E-state index in [4.69, 9.17) is 5.73 Å². The summed E-state index contributed by atoms with van der Waals surface area (Å²) in [5, 5.41) is 0. The molecule has 3 nitrogen and oxygen atoms in total. The van der Waals surface area contributed by atoms with Crippen LogP contribution in [0.25, 0.3) is 0 Å². The van der Waals surface area contributed by atoms with Crippen molar-refractivity contribution in [2.75, 3.05) is 25.4 Å². The van der Waals surface area contributed by atoms with Crippen LogP contribution in [0.15, 0.2) is 0 Å². The van der Waals surface area contributed by atoms with Gasteiger partial charge in [-0.3, -0.25) is 4.79 Å². The SMILES string of the molecule is CC1(C)CCN(CCC(N)=O)CCS1. The standard InChI is InChI=1S/C10H20N2OS/c1-10(2)4-6-12(7-8-14-10)5-3-9(11)13/h3-8H2,1-2H3,(H2,11,13). The lowest BCUT2D eigenvalue weighted by atomic mass is 10.1. The molecule has 0 spiro atoms. The highest BCUT2D eigenvalue weighted by Gasteiger charge is 2.23. The number of carbonyl (C=O) groups excluding carboxylic acids is 1. The smallest absolute Gasteiger partial charge is 0.218 e. The van der Waals surface area contributed by atoms with Crippen LogP contribution in [0.1, 0.15) is 26.7 Å². The zero-order chi connectivity index (χ0) is 10.6. The van der Waals surface area contributed by atoms with Gasteiger partial charge in [0, 0.05) is 30.0 Å². The maximum Gasteiger partial charge on any atom is 0.218 e. The zero-order valence-corrected chi connectivity index (χ0v) is 9.90. The molecule has 0 bridgehead atoms. The molecule has 1 aliphatic heterocycles. The summed E-state index contributed by atoms with van der Waals surface area (Å²) in [7, 11) is 0. The summed E-state index contributed by atoms with van der Waals surface area (Å²) in [6.45, 7) is 7.57. The molecule has 0 aromatic heterocycles. The predicted molar refractivity (Wildman–Crippen MR) is 61.4 cm³/mol. The average Bonchev–Trinajstić information content (AvgIpc) is 2.23. The van der Waals surface area contributed by atoms with Crippen molar-refractivity contribution in [2.45, 2.75) is 31.4 Å². The first-order valence-corrected chi connectivity index (χ1v) is 6.13. The molecule has 0 radical (unpaired) electrons. The van der Waals surface area contributed by atoms with E-state index in [2.05, 4.69) is 18.7 Å². The predicted octanol–water partition coefficient (Wildman–Crippen LogP) is 1.08. The Morgan fingerprint density at radius 1 is 1.50 bits per heavy atom. The van der Waals surface area contributed by atoms with Crippen LogP contribution in [0.4, 0.5) is 0 Å². The molecule has 2 N–H and O–H groups in total. The van der Waals surface area contributed by atoms with Gasteiger partial charge in [0.2, 0.25) is 5.91 Å². The van der Waals surface area contributed by atoms with Crippen LogP contribution in [0.5, 0.6) is 0 Å². The van der Waals surface area contributed by atoms with Gasteiger partial charge < -0.3 is 10.6 Å². The van der Waals surface area contributed by atoms with Gasteiger partial charge in [-0.2, -0.15) is 11.8 Å². The van der Waals surface area contributed by atoms with Crippen molar-refractivity contribution < 1.29 is 4.79 Å². The molecule has 4 heteroatoms. The molecule has 0 atom stereocenters. The van der Waals surface area contributed by atoms with E-state index in [0.29, 0.717) is 11.2 Å². The molecular formula is C10H20N2OS. The monoisotopic (exact) mass is 216 g/mol. The maximum absolute atomic E-state index is 10.6. The fourth-order valence-electron chi connectivity index (χ4n) is 1.55. The van der Waals surface area contributed by atoms with Gasteiger partial charge in [0.15, 0.2) is 0 Å². The van der Waals surface area contributed by atoms with Gasteiger partial charge in [-0.05, 0) is 13.0 Å². The number of primary amides is 1. The van der Waals surface area contributed by atoms with Crippen molar-refractivity contribution in [3.63, 3.8) is 0 Å². The third-order valence-electron chi connectivity index (χ3n) is 2.60. The number of nitrogens with two attached hydrogens (primary N) is 1. The Balaban J connectivity index is 2.31. The quantitative estimate of drug-likeness (QED) is 0.768. The summed E-state index contributed by atoms with van der Waals surface area (Å²) in [5.41, 5.74) is 5.13. The molecular weight excluding hydrogens is 196 g/mol. The van der Waals surface area contributed by atoms with Crippen molar-refractivity contribution in [1.29, 1.82) is 0 Å². The van der Waals surface area contributed by atoms with Gasteiger partial charge in [-0.1, -0.05) is 13.8 Å². The summed E-state index contributed by atoms with van der Waals surface area (Å²) in [6.07, 6.45) is 1.68. The van der Waals surface area contributed by atoms with Gasteiger partial charge in [0.25, 0.3) is 0 Å². The summed E-state index contributed by atoms with van der Waals surface area (Å²) in [4.78, 5) is 13.0. The maximum atomic E-state index is 10.6. The summed E-state index contributed by atoms with van der Waals surface area (Å²) in [6, 6.07) is 0. The Bertz CT molecular complexity index is 206. The molecule has 0 saturated carbocycles. The number of nitrogens with zero attached hydrogens (tertiary/aromatic N) is 1. The van der Waals surface area contributed by atoms with Gasteiger partial charge in [-0.15, -0.1) is 0 Å². The van der Waals surface area contributed by atoms with Crippen LogP contribution in [0.3, 0.4) is 0 Å². The van der Waals surface area contributed by atoms with Crippen LogP contribution in [0, 0.1) is 0 Å². The Morgan fingerprint density at radius 2 is 2.21 bits per heavy atom. The van der Waals surface area contributed by atoms with E-state index in [0.717, 1.165) is 25.4 Å². The van der Waals surface area contributed by atoms with Crippen LogP contribution in [-0.4, -0.2) is 40.9 Å². The minimum atomic E-state index is -0.193. The number of hydrogen-bond acceptors (Lipinski definition) is 3. The van der Waals surface area contributed by atoms with Crippen molar-refractivity contribution >= 4 is 17.7 Å². The van der Waals surface area contributed by atoms with Crippen molar-refractivity contribution in [3.8, 4) is 0 Å². The Kier molecular flexibility index (Phi) is 4.26. The third kappa shape index (κ3) is 4.33. The first-order chi connectivity index (χ1) is 6.49. The van der Waals surface area contributed by atoms with E-state index in [9.17, 15) is 4.79 Å². The summed E-state index contributed by atoms with van der Waals surface area (Å²) in [5.74, 6) is 0.965. The van der Waals surface area contributed by atoms with E-state index < -0.39 is 0 Å². The lowest BCUT2D eigenvalue weighted by Gasteiger charge is -2.22. The minimum Gasteiger partial charge on any atom is -0.370 e. The van der Waals surface area contributed by atoms with E-state index in [1.165, 1.54) is 6.42 Å². The van der Waals surface area contributed by atoms with Gasteiger partial charge in [-0.25, -0.2) is 0 Å². The molecule has 1 aliphatic rings. The third-order valence-corrected chi connectivity index (χ3v) is 3.98. The van der Waals surface area contributed by atoms with E-state index in [1.54, 1.807) is 0 Å². The molecule has 1 rings (SSSR count). The first-order valence-electron chi connectivity index (χ1n) is 5.14. The fourth-order valence-corrected chi connectivity index (χ4v) is 2.69. The molecule has 0 aromatic rings. The van der Waals surface area contributed by atoms with Crippen LogP contribution >= 0.6 is 11.8 Å². The Hall–Kier alpha value is -0.220. The second-order valence-electron chi connectivity index (χ2n) is 4.42. The highest BCUT2D eigenvalue weighted by atomic mass is 32.2. The van der Waals surface area contributed by atoms with Crippen LogP contribution in [-0.2, 0) is 4.79 Å². The lowest BCUT2D eigenvalue weighted by Crippen LogP contribution is -2.30. The molecule has 82 valence electrons. The second kappa shape index (κ2) is 5.03. The van der Waals surface area contributed by atoms with E-state index >= 15 is 0 Å². The number of hydrogen-bond donors (Lipinski definition) is 1. The largest absolute Gasteiger partial charge is 0.370 e. The highest BCUT2D eigenvalue weighted by molar-refractivity contribution is 8.00. The van der Waals surface area contributed by atoms with Crippen molar-refractivity contribution in [1.82, 2.24) is 4.90 Å². The van der Waals surface area contributed by atoms with E-state index in [-0.39, 0.29) is 5.91 Å². The Labute approximate surface area is 90.4 Å². The second-order valence-corrected chi connectivity index (χ2v) is 6.22. The summed E-state index contributed by atoms with van der Waals surface area (Å²) >= 11 is 2.02. The lowest BCUT2D eigenvalue weighted by molar-refractivity contribution is -0.118. The van der Waals surface area contributed by atoms with Gasteiger partial charge in [0.1, 0.15) is 0 Å². The van der Waals surface area contributed by atoms with Crippen molar-refractivity contribution in [2.24, 2.45) is 5.73 Å². The highest BCUT2D eigenvalue weighted by Crippen LogP contribution is 2.30. The molecule has 0 unspecified atom stereocenters. The van der Waals surface area contributed by atoms with Crippen molar-refractivity contribution in [3.05, 3.63) is 0 Å². The number of rotatable bonds is 3. The number of carbonyl (C=O) groups is 1. The molecule has 1 amide bonds. The molecule has 0 aliphatic carbocycles. The first kappa shape index (κ1) is 11.9. The zero-order valence-electron chi connectivity index (χ0n) is 9.08. The number of thioether (sulfide) groups is 1. The molecule has 1 saturated heterocycles. The normalized spacial score (nSPS) is 23.0. The molecule has 1 fully saturated rings. The minimum absolute atomic E-state index is 0.193. The molecule has 0 aromatic carbocycles. The van der Waals surface area contributed by atoms with E-state index in [1.807, 2.05) is 11.8 Å². The average molecular weight is 216 g/mol. The van der Waals surface area contributed by atoms with Gasteiger partial charge in [0.05, 0.1) is 0 Å². The molecule has 14 heavy (non-hydrogen) atoms. The summed E-state index contributed by atoms with van der Waals surface area (Å²) < 4.78 is 0.390. The topological polar surface area (TPSA) is 46.3 Å².